The van der Waals surface area contributed by atoms with Crippen molar-refractivity contribution in [2.45, 2.75) is 13.3 Å². The van der Waals surface area contributed by atoms with E-state index in [4.69, 9.17) is 0 Å². The van der Waals surface area contributed by atoms with Crippen LogP contribution in [0.15, 0.2) is 29.3 Å². The minimum absolute atomic E-state index is 1.04. The molecule has 0 heterocycles. The molecule has 0 N–H and O–H groups in total. The van der Waals surface area contributed by atoms with Crippen molar-refractivity contribution in [3.63, 3.8) is 0 Å². The summed E-state index contributed by atoms with van der Waals surface area (Å²) < 4.78 is 1.18. The van der Waals surface area contributed by atoms with E-state index in [1.165, 1.54) is 15.6 Å². The third kappa shape index (κ3) is 1.72. The van der Waals surface area contributed by atoms with Crippen LogP contribution >= 0.6 is 15.9 Å². The maximum Gasteiger partial charge on any atom is 0.0213 e. The Morgan fingerprint density at radius 1 is 1.55 bits per heavy atom. The second-order valence-corrected chi connectivity index (χ2v) is 3.22. The van der Waals surface area contributed by atoms with Gasteiger partial charge in [0.2, 0.25) is 0 Å². The number of rotatable bonds is 2. The Hall–Kier alpha value is -0.560. The van der Waals surface area contributed by atoms with Gasteiger partial charge in [0, 0.05) is 4.47 Å². The molecule has 1 aromatic carbocycles. The zero-order valence-electron chi connectivity index (χ0n) is 6.60. The fourth-order valence-corrected chi connectivity index (χ4v) is 1.80. The zero-order valence-corrected chi connectivity index (χ0v) is 8.19. The summed E-state index contributed by atoms with van der Waals surface area (Å²) in [6.45, 7) is 5.91. The quantitative estimate of drug-likeness (QED) is 0.700. The van der Waals surface area contributed by atoms with Crippen LogP contribution in [-0.2, 0) is 6.42 Å². The first kappa shape index (κ1) is 8.54. The first-order valence-corrected chi connectivity index (χ1v) is 4.48. The van der Waals surface area contributed by atoms with Crippen LogP contribution in [0.25, 0.3) is 6.08 Å². The number of hydrogen-bond donors (Lipinski definition) is 0. The van der Waals surface area contributed by atoms with Gasteiger partial charge in [-0.25, -0.2) is 0 Å². The maximum absolute atomic E-state index is 3.76. The first-order valence-electron chi connectivity index (χ1n) is 3.69. The Morgan fingerprint density at radius 2 is 2.27 bits per heavy atom. The zero-order chi connectivity index (χ0) is 8.27. The lowest BCUT2D eigenvalue weighted by molar-refractivity contribution is 1.12. The predicted molar refractivity (Wildman–Crippen MR) is 53.6 cm³/mol. The number of halogens is 1. The largest absolute Gasteiger partial charge is 0.0985 e. The molecule has 0 unspecified atom stereocenters. The van der Waals surface area contributed by atoms with Gasteiger partial charge in [-0.3, -0.25) is 0 Å². The van der Waals surface area contributed by atoms with Crippen LogP contribution in [0.5, 0.6) is 0 Å². The van der Waals surface area contributed by atoms with E-state index in [2.05, 4.69) is 41.6 Å². The van der Waals surface area contributed by atoms with Crippen LogP contribution in [-0.4, -0.2) is 0 Å². The molecule has 0 saturated carbocycles. The summed E-state index contributed by atoms with van der Waals surface area (Å²) in [4.78, 5) is 0. The Labute approximate surface area is 76.1 Å². The molecule has 0 nitrogen and oxygen atoms in total. The van der Waals surface area contributed by atoms with Crippen molar-refractivity contribution in [2.24, 2.45) is 0 Å². The Bertz CT molecular complexity index is 264. The smallest absolute Gasteiger partial charge is 0.0213 e. The van der Waals surface area contributed by atoms with Crippen LogP contribution in [0.1, 0.15) is 18.1 Å². The molecule has 0 bridgehead atoms. The highest BCUT2D eigenvalue weighted by Crippen LogP contribution is 2.21. The molecule has 0 saturated heterocycles. The number of hydrogen-bond acceptors (Lipinski definition) is 0. The highest BCUT2D eigenvalue weighted by Gasteiger charge is 1.99. The summed E-state index contributed by atoms with van der Waals surface area (Å²) in [5, 5.41) is 0. The monoisotopic (exact) mass is 210 g/mol. The molecule has 0 atom stereocenters. The van der Waals surface area contributed by atoms with Crippen molar-refractivity contribution >= 4 is 22.0 Å². The standard InChI is InChI=1S/C10H11Br/c1-3-8-6-5-7-10(11)9(8)4-2/h3,5-7H,1,4H2,2H3. The fraction of sp³-hybridized carbons (Fsp3) is 0.200. The molecule has 0 aliphatic carbocycles. The van der Waals surface area contributed by atoms with E-state index in [-0.39, 0.29) is 0 Å². The second kappa shape index (κ2) is 3.72. The molecule has 0 fully saturated rings. The number of benzene rings is 1. The van der Waals surface area contributed by atoms with Gasteiger partial charge in [-0.1, -0.05) is 47.6 Å². The highest BCUT2D eigenvalue weighted by atomic mass is 79.9. The molecule has 0 aliphatic heterocycles. The van der Waals surface area contributed by atoms with Crippen molar-refractivity contribution in [3.8, 4) is 0 Å². The summed E-state index contributed by atoms with van der Waals surface area (Å²) in [5.41, 5.74) is 2.56. The van der Waals surface area contributed by atoms with Crippen molar-refractivity contribution in [1.29, 1.82) is 0 Å². The summed E-state index contributed by atoms with van der Waals surface area (Å²) in [5.74, 6) is 0. The van der Waals surface area contributed by atoms with Gasteiger partial charge in [-0.05, 0) is 23.6 Å². The molecule has 0 aromatic heterocycles. The minimum atomic E-state index is 1.04. The summed E-state index contributed by atoms with van der Waals surface area (Å²) in [6, 6.07) is 6.17. The molecule has 0 radical (unpaired) electrons. The summed E-state index contributed by atoms with van der Waals surface area (Å²) in [6.07, 6.45) is 2.94. The van der Waals surface area contributed by atoms with Gasteiger partial charge >= 0.3 is 0 Å². The predicted octanol–water partition coefficient (Wildman–Crippen LogP) is 3.65. The average Bonchev–Trinajstić information content (AvgIpc) is 2.04. The third-order valence-electron chi connectivity index (χ3n) is 1.73. The molecule has 0 spiro atoms. The molecule has 1 rings (SSSR count). The van der Waals surface area contributed by atoms with E-state index < -0.39 is 0 Å². The SMILES string of the molecule is C=Cc1cccc(Br)c1CC. The lowest BCUT2D eigenvalue weighted by atomic mass is 10.1. The van der Waals surface area contributed by atoms with E-state index in [0.29, 0.717) is 0 Å². The van der Waals surface area contributed by atoms with E-state index in [9.17, 15) is 0 Å². The summed E-state index contributed by atoms with van der Waals surface area (Å²) in [7, 11) is 0. The van der Waals surface area contributed by atoms with Gasteiger partial charge in [0.1, 0.15) is 0 Å². The van der Waals surface area contributed by atoms with Gasteiger partial charge in [0.25, 0.3) is 0 Å². The lowest BCUT2D eigenvalue weighted by Crippen LogP contribution is -1.86. The Kier molecular flexibility index (Phi) is 2.89. The van der Waals surface area contributed by atoms with E-state index in [1.807, 2.05) is 12.1 Å². The van der Waals surface area contributed by atoms with E-state index in [0.717, 1.165) is 6.42 Å². The van der Waals surface area contributed by atoms with Crippen LogP contribution in [0.3, 0.4) is 0 Å². The van der Waals surface area contributed by atoms with Crippen LogP contribution < -0.4 is 0 Å². The van der Waals surface area contributed by atoms with E-state index in [1.54, 1.807) is 0 Å². The van der Waals surface area contributed by atoms with E-state index >= 15 is 0 Å². The average molecular weight is 211 g/mol. The molecule has 1 heteroatoms. The van der Waals surface area contributed by atoms with Crippen molar-refractivity contribution in [3.05, 3.63) is 40.4 Å². The van der Waals surface area contributed by atoms with Crippen molar-refractivity contribution in [1.82, 2.24) is 0 Å². The van der Waals surface area contributed by atoms with Gasteiger partial charge in [-0.15, -0.1) is 0 Å². The first-order chi connectivity index (χ1) is 5.29. The normalized spacial score (nSPS) is 9.64. The fourth-order valence-electron chi connectivity index (χ4n) is 1.14. The molecule has 11 heavy (non-hydrogen) atoms. The summed E-state index contributed by atoms with van der Waals surface area (Å²) >= 11 is 3.50. The van der Waals surface area contributed by atoms with Crippen LogP contribution in [0.2, 0.25) is 0 Å². The third-order valence-corrected chi connectivity index (χ3v) is 2.47. The minimum Gasteiger partial charge on any atom is -0.0985 e. The molecule has 0 amide bonds. The van der Waals surface area contributed by atoms with Gasteiger partial charge in [-0.2, -0.15) is 0 Å². The molecule has 0 aliphatic rings. The Balaban J connectivity index is 3.23. The molecule has 58 valence electrons. The highest BCUT2D eigenvalue weighted by molar-refractivity contribution is 9.10. The second-order valence-electron chi connectivity index (χ2n) is 2.37. The Morgan fingerprint density at radius 3 is 2.73 bits per heavy atom. The lowest BCUT2D eigenvalue weighted by Gasteiger charge is -2.04. The van der Waals surface area contributed by atoms with Gasteiger partial charge in [0.05, 0.1) is 0 Å². The molecular formula is C10H11Br. The van der Waals surface area contributed by atoms with Crippen molar-refractivity contribution < 1.29 is 0 Å². The van der Waals surface area contributed by atoms with Crippen LogP contribution in [0.4, 0.5) is 0 Å². The van der Waals surface area contributed by atoms with Crippen LogP contribution in [0, 0.1) is 0 Å². The molecular weight excluding hydrogens is 200 g/mol. The molecule has 1 aromatic rings. The van der Waals surface area contributed by atoms with Gasteiger partial charge in [0.15, 0.2) is 0 Å². The maximum atomic E-state index is 3.76. The van der Waals surface area contributed by atoms with Crippen molar-refractivity contribution in [2.75, 3.05) is 0 Å². The van der Waals surface area contributed by atoms with Gasteiger partial charge < -0.3 is 0 Å². The topological polar surface area (TPSA) is 0 Å².